The van der Waals surface area contributed by atoms with E-state index in [1.807, 2.05) is 104 Å². The Hall–Kier alpha value is -3.58. The maximum absolute atomic E-state index is 6.28. The fourth-order valence-electron chi connectivity index (χ4n) is 4.02. The lowest BCUT2D eigenvalue weighted by molar-refractivity contribution is -0.251. The number of benzene rings is 3. The second kappa shape index (κ2) is 12.4. The highest BCUT2D eigenvalue weighted by Gasteiger charge is 2.40. The molecule has 0 heterocycles. The third-order valence-corrected chi connectivity index (χ3v) is 5.84. The first-order valence-corrected chi connectivity index (χ1v) is 12.0. The fraction of sp³-hybridized carbons (Fsp3) is 0.267. The highest BCUT2D eigenvalue weighted by molar-refractivity contribution is 5.59. The molecular weight excluding hydrogens is 454 g/mol. The summed E-state index contributed by atoms with van der Waals surface area (Å²) in [5, 5.41) is 3.44. The summed E-state index contributed by atoms with van der Waals surface area (Å²) in [5.41, 5.74) is 3.87. The van der Waals surface area contributed by atoms with Gasteiger partial charge < -0.3 is 29.0 Å². The van der Waals surface area contributed by atoms with Crippen molar-refractivity contribution in [3.63, 3.8) is 0 Å². The summed E-state index contributed by atoms with van der Waals surface area (Å²) in [7, 11) is 3.29. The van der Waals surface area contributed by atoms with E-state index in [1.165, 1.54) is 0 Å². The van der Waals surface area contributed by atoms with Crippen LogP contribution in [0.2, 0.25) is 0 Å². The van der Waals surface area contributed by atoms with Crippen LogP contribution in [0.15, 0.2) is 103 Å². The van der Waals surface area contributed by atoms with E-state index in [1.54, 1.807) is 14.2 Å². The average molecular weight is 488 g/mol. The number of hydrogen-bond donors (Lipinski definition) is 1. The van der Waals surface area contributed by atoms with Gasteiger partial charge in [0.1, 0.15) is 12.7 Å². The molecule has 0 saturated heterocycles. The zero-order chi connectivity index (χ0) is 25.2. The molecule has 2 unspecified atom stereocenters. The van der Waals surface area contributed by atoms with Gasteiger partial charge in [-0.2, -0.15) is 0 Å². The summed E-state index contributed by atoms with van der Waals surface area (Å²) in [4.78, 5) is 0. The smallest absolute Gasteiger partial charge is 0.219 e. The molecule has 0 aliphatic heterocycles. The van der Waals surface area contributed by atoms with Gasteiger partial charge in [0.2, 0.25) is 5.79 Å². The lowest BCUT2D eigenvalue weighted by atomic mass is 10.0. The standard InChI is InChI=1S/C30H33NO5/c1-4-35-30(36-22-24-13-9-6-10-14-24)18-17-26(20-29(30)33-3)31-25-15-16-27(32-2)28(19-25)34-21-23-11-7-5-8-12-23/h5-20,29,31H,4,21-22H2,1-3H3. The van der Waals surface area contributed by atoms with Gasteiger partial charge in [-0.1, -0.05) is 60.7 Å². The Bertz CT molecular complexity index is 1160. The van der Waals surface area contributed by atoms with Crippen LogP contribution in [-0.4, -0.2) is 32.7 Å². The lowest BCUT2D eigenvalue weighted by Crippen LogP contribution is -2.47. The van der Waals surface area contributed by atoms with Crippen LogP contribution in [0.3, 0.4) is 0 Å². The van der Waals surface area contributed by atoms with Crippen molar-refractivity contribution >= 4 is 5.69 Å². The molecule has 3 aromatic carbocycles. The molecule has 4 rings (SSSR count). The van der Waals surface area contributed by atoms with E-state index in [0.29, 0.717) is 31.3 Å². The van der Waals surface area contributed by atoms with Gasteiger partial charge >= 0.3 is 0 Å². The number of anilines is 1. The number of methoxy groups -OCH3 is 2. The molecule has 36 heavy (non-hydrogen) atoms. The number of nitrogens with one attached hydrogen (secondary N) is 1. The Morgan fingerprint density at radius 2 is 1.50 bits per heavy atom. The van der Waals surface area contributed by atoms with Gasteiger partial charge in [-0.05, 0) is 48.4 Å². The SMILES string of the molecule is CCOC1(OCc2ccccc2)C=CC(Nc2ccc(OC)c(OCc3ccccc3)c2)=CC1OC. The van der Waals surface area contributed by atoms with Gasteiger partial charge in [0.25, 0.3) is 0 Å². The quantitative estimate of drug-likeness (QED) is 0.311. The number of ether oxygens (including phenoxy) is 5. The molecular formula is C30H33NO5. The average Bonchev–Trinajstić information content (AvgIpc) is 2.93. The summed E-state index contributed by atoms with van der Waals surface area (Å²) in [5.74, 6) is 0.308. The van der Waals surface area contributed by atoms with Crippen LogP contribution < -0.4 is 14.8 Å². The summed E-state index contributed by atoms with van der Waals surface area (Å²) in [6, 6.07) is 25.8. The second-order valence-corrected chi connectivity index (χ2v) is 8.31. The third kappa shape index (κ3) is 6.34. The fourth-order valence-corrected chi connectivity index (χ4v) is 4.02. The van der Waals surface area contributed by atoms with Gasteiger partial charge in [0, 0.05) is 31.2 Å². The molecule has 1 aliphatic rings. The zero-order valence-corrected chi connectivity index (χ0v) is 21.0. The van der Waals surface area contributed by atoms with Gasteiger partial charge in [0.05, 0.1) is 13.7 Å². The molecule has 6 nitrogen and oxygen atoms in total. The zero-order valence-electron chi connectivity index (χ0n) is 21.0. The molecule has 0 radical (unpaired) electrons. The maximum atomic E-state index is 6.28. The van der Waals surface area contributed by atoms with Crippen molar-refractivity contribution in [1.29, 1.82) is 0 Å². The normalized spacial score (nSPS) is 19.0. The molecule has 1 N–H and O–H groups in total. The summed E-state index contributed by atoms with van der Waals surface area (Å²) in [6.45, 7) is 3.28. The molecule has 0 fully saturated rings. The number of hydrogen-bond acceptors (Lipinski definition) is 6. The number of allylic oxidation sites excluding steroid dienone is 1. The minimum atomic E-state index is -1.02. The first kappa shape index (κ1) is 25.5. The molecule has 0 amide bonds. The molecule has 0 aromatic heterocycles. The monoisotopic (exact) mass is 487 g/mol. The largest absolute Gasteiger partial charge is 0.493 e. The van der Waals surface area contributed by atoms with Crippen LogP contribution in [0.1, 0.15) is 18.1 Å². The van der Waals surface area contributed by atoms with Crippen LogP contribution in [0.5, 0.6) is 11.5 Å². The Morgan fingerprint density at radius 3 is 2.14 bits per heavy atom. The molecule has 2 atom stereocenters. The molecule has 1 aliphatic carbocycles. The predicted molar refractivity (Wildman–Crippen MR) is 141 cm³/mol. The first-order valence-electron chi connectivity index (χ1n) is 12.0. The van der Waals surface area contributed by atoms with E-state index in [2.05, 4.69) is 5.32 Å². The van der Waals surface area contributed by atoms with Gasteiger partial charge in [-0.15, -0.1) is 0 Å². The van der Waals surface area contributed by atoms with Crippen molar-refractivity contribution in [2.24, 2.45) is 0 Å². The maximum Gasteiger partial charge on any atom is 0.219 e. The van der Waals surface area contributed by atoms with Gasteiger partial charge in [0.15, 0.2) is 11.5 Å². The highest BCUT2D eigenvalue weighted by atomic mass is 16.7. The van der Waals surface area contributed by atoms with E-state index in [0.717, 1.165) is 22.5 Å². The Kier molecular flexibility index (Phi) is 8.79. The molecule has 6 heteroatoms. The highest BCUT2D eigenvalue weighted by Crippen LogP contribution is 2.34. The van der Waals surface area contributed by atoms with Crippen molar-refractivity contribution < 1.29 is 23.7 Å². The van der Waals surface area contributed by atoms with Crippen molar-refractivity contribution in [3.8, 4) is 11.5 Å². The van der Waals surface area contributed by atoms with Crippen LogP contribution in [0.4, 0.5) is 5.69 Å². The van der Waals surface area contributed by atoms with E-state index < -0.39 is 11.9 Å². The van der Waals surface area contributed by atoms with E-state index in [9.17, 15) is 0 Å². The van der Waals surface area contributed by atoms with Crippen molar-refractivity contribution in [1.82, 2.24) is 0 Å². The Balaban J connectivity index is 1.48. The third-order valence-electron chi connectivity index (χ3n) is 5.84. The molecule has 3 aromatic rings. The first-order chi connectivity index (χ1) is 17.7. The summed E-state index contributed by atoms with van der Waals surface area (Å²) in [6.07, 6.45) is 5.38. The van der Waals surface area contributed by atoms with Crippen LogP contribution in [-0.2, 0) is 27.4 Å². The molecule has 0 saturated carbocycles. The molecule has 0 spiro atoms. The van der Waals surface area contributed by atoms with Gasteiger partial charge in [-0.25, -0.2) is 0 Å². The van der Waals surface area contributed by atoms with Crippen molar-refractivity contribution in [2.45, 2.75) is 32.0 Å². The second-order valence-electron chi connectivity index (χ2n) is 8.31. The predicted octanol–water partition coefficient (Wildman–Crippen LogP) is 6.10. The van der Waals surface area contributed by atoms with Crippen LogP contribution in [0, 0.1) is 0 Å². The minimum Gasteiger partial charge on any atom is -0.493 e. The minimum absolute atomic E-state index is 0.405. The Labute approximate surface area is 213 Å². The molecule has 0 bridgehead atoms. The van der Waals surface area contributed by atoms with E-state index >= 15 is 0 Å². The van der Waals surface area contributed by atoms with E-state index in [4.69, 9.17) is 23.7 Å². The summed E-state index contributed by atoms with van der Waals surface area (Å²) >= 11 is 0. The molecule has 188 valence electrons. The number of rotatable bonds is 12. The van der Waals surface area contributed by atoms with Crippen LogP contribution >= 0.6 is 0 Å². The summed E-state index contributed by atoms with van der Waals surface area (Å²) < 4.78 is 29.7. The lowest BCUT2D eigenvalue weighted by Gasteiger charge is -2.38. The van der Waals surface area contributed by atoms with Crippen molar-refractivity contribution in [2.75, 3.05) is 26.1 Å². The topological polar surface area (TPSA) is 58.2 Å². The van der Waals surface area contributed by atoms with Crippen molar-refractivity contribution in [3.05, 3.63) is 114 Å². The van der Waals surface area contributed by atoms with Gasteiger partial charge in [-0.3, -0.25) is 0 Å². The van der Waals surface area contributed by atoms with Crippen LogP contribution in [0.25, 0.3) is 0 Å². The Morgan fingerprint density at radius 1 is 0.806 bits per heavy atom. The van der Waals surface area contributed by atoms with E-state index in [-0.39, 0.29) is 0 Å².